The number of imidazole rings is 1. The molecular weight excluding hydrogens is 511 g/mol. The number of hydrogen-bond acceptors (Lipinski definition) is 7. The molecular formula is C26H24Cl2N8O. The van der Waals surface area contributed by atoms with Crippen LogP contribution < -0.4 is 21.1 Å². The first-order valence-electron chi connectivity index (χ1n) is 12.0. The molecule has 0 radical (unpaired) electrons. The number of benzene rings is 2. The average Bonchev–Trinajstić information content (AvgIpc) is 3.21. The second-order valence-electron chi connectivity index (χ2n) is 8.96. The Bertz CT molecular complexity index is 1670. The summed E-state index contributed by atoms with van der Waals surface area (Å²) in [7, 11) is 0. The maximum absolute atomic E-state index is 13.6. The molecule has 6 rings (SSSR count). The topological polar surface area (TPSA) is 92.4 Å². The van der Waals surface area contributed by atoms with Crippen molar-refractivity contribution in [1.29, 1.82) is 0 Å². The molecule has 0 atom stereocenters. The molecule has 188 valence electrons. The van der Waals surface area contributed by atoms with Crippen LogP contribution in [0.2, 0.25) is 10.0 Å². The van der Waals surface area contributed by atoms with Crippen LogP contribution in [0, 0.1) is 6.92 Å². The van der Waals surface area contributed by atoms with Gasteiger partial charge in [-0.3, -0.25) is 9.20 Å². The average molecular weight is 535 g/mol. The monoisotopic (exact) mass is 534 g/mol. The normalized spacial score (nSPS) is 14.3. The Balaban J connectivity index is 1.39. The Morgan fingerprint density at radius 2 is 1.89 bits per heavy atom. The fourth-order valence-electron chi connectivity index (χ4n) is 4.81. The summed E-state index contributed by atoms with van der Waals surface area (Å²) < 4.78 is 3.12. The largest absolute Gasteiger partial charge is 0.370 e. The number of hydrogen-bond donors (Lipinski definition) is 2. The zero-order valence-electron chi connectivity index (χ0n) is 20.1. The second kappa shape index (κ2) is 9.66. The Morgan fingerprint density at radius 1 is 1.05 bits per heavy atom. The van der Waals surface area contributed by atoms with Crippen LogP contribution in [0.15, 0.2) is 59.8 Å². The number of anilines is 3. The standard InChI is InChI=1S/C26H24Cl2N8O/c1-16-14-17(6-7-21(16)34-11-3-8-29-9-12-34)32-25-31-15-18-23(33-25)35-13-10-30-26(35)36(24(18)37)22-19(27)4-2-5-20(22)28/h2,4-7,10,13-15,29H,3,8-9,11-12H2,1H3,(H,31,32,33). The van der Waals surface area contributed by atoms with E-state index in [0.717, 1.165) is 38.3 Å². The Hall–Kier alpha value is -3.66. The summed E-state index contributed by atoms with van der Waals surface area (Å²) in [4.78, 5) is 29.5. The number of fused-ring (bicyclic) bond motifs is 3. The zero-order chi connectivity index (χ0) is 25.5. The Labute approximate surface area is 222 Å². The highest BCUT2D eigenvalue weighted by Crippen LogP contribution is 2.30. The number of para-hydroxylation sites is 1. The van der Waals surface area contributed by atoms with Crippen LogP contribution in [-0.4, -0.2) is 50.1 Å². The van der Waals surface area contributed by atoms with E-state index in [1.165, 1.54) is 22.0 Å². The van der Waals surface area contributed by atoms with Gasteiger partial charge >= 0.3 is 0 Å². The van der Waals surface area contributed by atoms with E-state index < -0.39 is 0 Å². The van der Waals surface area contributed by atoms with Crippen molar-refractivity contribution < 1.29 is 0 Å². The number of halogens is 2. The van der Waals surface area contributed by atoms with Crippen molar-refractivity contribution >= 4 is 57.3 Å². The molecule has 0 spiro atoms. The maximum Gasteiger partial charge on any atom is 0.270 e. The van der Waals surface area contributed by atoms with Crippen LogP contribution in [0.25, 0.3) is 22.5 Å². The molecule has 1 aliphatic rings. The molecule has 5 aromatic rings. The molecule has 1 saturated heterocycles. The first kappa shape index (κ1) is 23.7. The molecule has 4 heterocycles. The number of aromatic nitrogens is 5. The van der Waals surface area contributed by atoms with Crippen LogP contribution in [0.5, 0.6) is 0 Å². The number of rotatable bonds is 4. The lowest BCUT2D eigenvalue weighted by atomic mass is 10.1. The fraction of sp³-hybridized carbons (Fsp3) is 0.231. The summed E-state index contributed by atoms with van der Waals surface area (Å²) in [5, 5.41) is 7.72. The van der Waals surface area contributed by atoms with E-state index in [9.17, 15) is 4.79 Å². The molecule has 1 fully saturated rings. The highest BCUT2D eigenvalue weighted by Gasteiger charge is 2.19. The Kier molecular flexibility index (Phi) is 6.19. The van der Waals surface area contributed by atoms with Gasteiger partial charge in [0.1, 0.15) is 5.39 Å². The van der Waals surface area contributed by atoms with E-state index in [1.54, 1.807) is 35.0 Å². The van der Waals surface area contributed by atoms with Crippen LogP contribution in [0.1, 0.15) is 12.0 Å². The van der Waals surface area contributed by atoms with E-state index >= 15 is 0 Å². The summed E-state index contributed by atoms with van der Waals surface area (Å²) >= 11 is 12.8. The summed E-state index contributed by atoms with van der Waals surface area (Å²) in [6.07, 6.45) is 5.98. The van der Waals surface area contributed by atoms with E-state index in [2.05, 4.69) is 49.5 Å². The molecule has 2 aromatic carbocycles. The molecule has 9 nitrogen and oxygen atoms in total. The molecule has 1 aliphatic heterocycles. The molecule has 37 heavy (non-hydrogen) atoms. The third-order valence-electron chi connectivity index (χ3n) is 6.55. The van der Waals surface area contributed by atoms with Gasteiger partial charge in [0.05, 0.1) is 15.7 Å². The van der Waals surface area contributed by atoms with Gasteiger partial charge in [0.15, 0.2) is 5.65 Å². The van der Waals surface area contributed by atoms with Crippen molar-refractivity contribution in [2.24, 2.45) is 0 Å². The predicted octanol–water partition coefficient (Wildman–Crippen LogP) is 4.59. The number of aryl methyl sites for hydroxylation is 1. The van der Waals surface area contributed by atoms with Gasteiger partial charge in [-0.15, -0.1) is 0 Å². The van der Waals surface area contributed by atoms with Gasteiger partial charge in [-0.1, -0.05) is 29.3 Å². The smallest absolute Gasteiger partial charge is 0.270 e. The molecule has 2 N–H and O–H groups in total. The summed E-state index contributed by atoms with van der Waals surface area (Å²) in [6, 6.07) is 11.3. The van der Waals surface area contributed by atoms with Crippen LogP contribution >= 0.6 is 23.2 Å². The minimum absolute atomic E-state index is 0.313. The minimum atomic E-state index is -0.359. The number of nitrogens with one attached hydrogen (secondary N) is 2. The van der Waals surface area contributed by atoms with Crippen molar-refractivity contribution in [2.45, 2.75) is 13.3 Å². The van der Waals surface area contributed by atoms with Gasteiger partial charge in [-0.25, -0.2) is 14.5 Å². The van der Waals surface area contributed by atoms with Gasteiger partial charge in [-0.2, -0.15) is 4.98 Å². The van der Waals surface area contributed by atoms with E-state index in [-0.39, 0.29) is 5.56 Å². The van der Waals surface area contributed by atoms with Crippen molar-refractivity contribution in [2.75, 3.05) is 36.4 Å². The molecule has 0 unspecified atom stereocenters. The first-order valence-corrected chi connectivity index (χ1v) is 12.8. The predicted molar refractivity (Wildman–Crippen MR) is 148 cm³/mol. The van der Waals surface area contributed by atoms with Gasteiger partial charge in [-0.05, 0) is 55.8 Å². The van der Waals surface area contributed by atoms with Gasteiger partial charge < -0.3 is 15.5 Å². The number of nitrogens with zero attached hydrogens (tertiary/aromatic N) is 6. The van der Waals surface area contributed by atoms with Crippen LogP contribution in [-0.2, 0) is 0 Å². The van der Waals surface area contributed by atoms with Crippen LogP contribution in [0.4, 0.5) is 17.3 Å². The van der Waals surface area contributed by atoms with E-state index in [4.69, 9.17) is 23.2 Å². The minimum Gasteiger partial charge on any atom is -0.370 e. The molecule has 0 aliphatic carbocycles. The van der Waals surface area contributed by atoms with Gasteiger partial charge in [0.2, 0.25) is 11.7 Å². The third-order valence-corrected chi connectivity index (χ3v) is 7.16. The third kappa shape index (κ3) is 4.29. The quantitative estimate of drug-likeness (QED) is 0.348. The van der Waals surface area contributed by atoms with E-state index in [1.807, 2.05) is 6.07 Å². The van der Waals surface area contributed by atoms with Crippen molar-refractivity contribution in [3.63, 3.8) is 0 Å². The highest BCUT2D eigenvalue weighted by atomic mass is 35.5. The van der Waals surface area contributed by atoms with Crippen molar-refractivity contribution in [3.8, 4) is 5.69 Å². The SMILES string of the molecule is Cc1cc(Nc2ncc3c(=O)n(-c4c(Cl)cccc4Cl)c4nccn4c3n2)ccc1N1CCCNCC1. The maximum atomic E-state index is 13.6. The lowest BCUT2D eigenvalue weighted by Gasteiger charge is -2.24. The second-order valence-corrected chi connectivity index (χ2v) is 9.77. The fourth-order valence-corrected chi connectivity index (χ4v) is 5.38. The molecule has 11 heteroatoms. The lowest BCUT2D eigenvalue weighted by molar-refractivity contribution is 0.724. The molecule has 0 saturated carbocycles. The molecule has 3 aromatic heterocycles. The van der Waals surface area contributed by atoms with E-state index in [0.29, 0.717) is 38.5 Å². The highest BCUT2D eigenvalue weighted by molar-refractivity contribution is 6.37. The molecule has 0 bridgehead atoms. The molecule has 0 amide bonds. The zero-order valence-corrected chi connectivity index (χ0v) is 21.6. The summed E-state index contributed by atoms with van der Waals surface area (Å²) in [6.45, 7) is 6.16. The van der Waals surface area contributed by atoms with Crippen molar-refractivity contribution in [3.05, 3.63) is 81.0 Å². The summed E-state index contributed by atoms with van der Waals surface area (Å²) in [5.74, 6) is 0.728. The van der Waals surface area contributed by atoms with Crippen LogP contribution in [0.3, 0.4) is 0 Å². The van der Waals surface area contributed by atoms with Gasteiger partial charge in [0.25, 0.3) is 5.56 Å². The summed E-state index contributed by atoms with van der Waals surface area (Å²) in [5.41, 5.74) is 3.71. The van der Waals surface area contributed by atoms with Crippen molar-refractivity contribution in [1.82, 2.24) is 29.2 Å². The lowest BCUT2D eigenvalue weighted by Crippen LogP contribution is -2.28. The van der Waals surface area contributed by atoms with Gasteiger partial charge in [0, 0.05) is 49.6 Å². The Morgan fingerprint density at radius 3 is 2.70 bits per heavy atom. The first-order chi connectivity index (χ1) is 18.0.